The minimum atomic E-state index is -0.567. The Balaban J connectivity index is 2.37. The fourth-order valence-corrected chi connectivity index (χ4v) is 1.64. The van der Waals surface area contributed by atoms with E-state index in [1.807, 2.05) is 0 Å². The first-order valence-corrected chi connectivity index (χ1v) is 5.58. The van der Waals surface area contributed by atoms with Crippen molar-refractivity contribution in [3.8, 4) is 17.2 Å². The van der Waals surface area contributed by atoms with Crippen LogP contribution in [0.3, 0.4) is 0 Å². The largest absolute Gasteiger partial charge is 0.494 e. The highest BCUT2D eigenvalue weighted by molar-refractivity contribution is 5.58. The minimum Gasteiger partial charge on any atom is -0.494 e. The third-order valence-electron chi connectivity index (χ3n) is 2.64. The number of hydrogen-bond donors (Lipinski definition) is 1. The number of benzene rings is 2. The number of hydrogen-bond acceptors (Lipinski definition) is 3. The molecule has 2 aromatic carbocycles. The first-order valence-electron chi connectivity index (χ1n) is 5.58. The van der Waals surface area contributed by atoms with E-state index in [0.29, 0.717) is 11.3 Å². The Morgan fingerprint density at radius 3 is 2.37 bits per heavy atom. The first-order chi connectivity index (χ1) is 9.01. The lowest BCUT2D eigenvalue weighted by Gasteiger charge is -2.12. The quantitative estimate of drug-likeness (QED) is 0.861. The molecule has 0 bridgehead atoms. The maximum atomic E-state index is 13.4. The van der Waals surface area contributed by atoms with Crippen molar-refractivity contribution in [1.29, 1.82) is 0 Å². The molecule has 0 saturated heterocycles. The predicted molar refractivity (Wildman–Crippen MR) is 68.6 cm³/mol. The van der Waals surface area contributed by atoms with Gasteiger partial charge in [0.25, 0.3) is 0 Å². The van der Waals surface area contributed by atoms with Crippen molar-refractivity contribution >= 4 is 5.69 Å². The third kappa shape index (κ3) is 2.76. The van der Waals surface area contributed by atoms with E-state index in [9.17, 15) is 8.78 Å². The molecule has 0 unspecified atom stereocenters. The highest BCUT2D eigenvalue weighted by Crippen LogP contribution is 2.34. The van der Waals surface area contributed by atoms with Crippen LogP contribution in [0, 0.1) is 18.6 Å². The number of ether oxygens (including phenoxy) is 2. The van der Waals surface area contributed by atoms with Crippen LogP contribution in [-0.4, -0.2) is 7.11 Å². The van der Waals surface area contributed by atoms with E-state index in [4.69, 9.17) is 15.2 Å². The van der Waals surface area contributed by atoms with Crippen molar-refractivity contribution in [3.63, 3.8) is 0 Å². The fourth-order valence-electron chi connectivity index (χ4n) is 1.64. The van der Waals surface area contributed by atoms with Crippen molar-refractivity contribution in [2.24, 2.45) is 0 Å². The molecular formula is C14H13F2NO2. The molecule has 2 rings (SSSR count). The van der Waals surface area contributed by atoms with Gasteiger partial charge in [0.05, 0.1) is 12.8 Å². The topological polar surface area (TPSA) is 44.5 Å². The zero-order valence-corrected chi connectivity index (χ0v) is 10.5. The van der Waals surface area contributed by atoms with Crippen molar-refractivity contribution < 1.29 is 18.3 Å². The Bertz CT molecular complexity index is 615. The average molecular weight is 265 g/mol. The van der Waals surface area contributed by atoms with Gasteiger partial charge in [-0.25, -0.2) is 8.78 Å². The van der Waals surface area contributed by atoms with Gasteiger partial charge in [-0.2, -0.15) is 0 Å². The maximum absolute atomic E-state index is 13.4. The number of aryl methyl sites for hydroxylation is 1. The Labute approximate surface area is 109 Å². The molecule has 100 valence electrons. The Hall–Kier alpha value is -2.30. The Morgan fingerprint density at radius 2 is 1.74 bits per heavy atom. The summed E-state index contributed by atoms with van der Waals surface area (Å²) >= 11 is 0. The zero-order valence-electron chi connectivity index (χ0n) is 10.5. The van der Waals surface area contributed by atoms with Gasteiger partial charge in [-0.1, -0.05) is 0 Å². The average Bonchev–Trinajstić information content (AvgIpc) is 2.35. The van der Waals surface area contributed by atoms with Crippen molar-refractivity contribution in [2.45, 2.75) is 6.92 Å². The number of anilines is 1. The summed E-state index contributed by atoms with van der Waals surface area (Å²) < 4.78 is 36.8. The minimum absolute atomic E-state index is 0.0314. The summed E-state index contributed by atoms with van der Waals surface area (Å²) in [4.78, 5) is 0. The molecule has 0 aromatic heterocycles. The molecule has 0 radical (unpaired) electrons. The lowest BCUT2D eigenvalue weighted by atomic mass is 10.2. The standard InChI is InChI=1S/C14H13F2NO2/c1-8-5-9(15)3-4-12(8)19-14-7-13(18-2)10(16)6-11(14)17/h3-7H,17H2,1-2H3. The van der Waals surface area contributed by atoms with Gasteiger partial charge in [0.1, 0.15) is 11.6 Å². The molecule has 2 aromatic rings. The van der Waals surface area contributed by atoms with E-state index in [0.717, 1.165) is 6.07 Å². The molecule has 0 amide bonds. The highest BCUT2D eigenvalue weighted by atomic mass is 19.1. The third-order valence-corrected chi connectivity index (χ3v) is 2.64. The molecule has 0 atom stereocenters. The van der Waals surface area contributed by atoms with E-state index >= 15 is 0 Å². The number of rotatable bonds is 3. The zero-order chi connectivity index (χ0) is 14.0. The molecule has 19 heavy (non-hydrogen) atoms. The van der Waals surface area contributed by atoms with E-state index in [-0.39, 0.29) is 23.0 Å². The van der Waals surface area contributed by atoms with E-state index < -0.39 is 5.82 Å². The monoisotopic (exact) mass is 265 g/mol. The maximum Gasteiger partial charge on any atom is 0.167 e. The van der Waals surface area contributed by atoms with Crippen LogP contribution in [0.1, 0.15) is 5.56 Å². The normalized spacial score (nSPS) is 10.3. The second-order valence-electron chi connectivity index (χ2n) is 4.04. The molecule has 5 heteroatoms. The molecule has 2 N–H and O–H groups in total. The Kier molecular flexibility index (Phi) is 3.55. The van der Waals surface area contributed by atoms with E-state index in [2.05, 4.69) is 0 Å². The molecule has 0 heterocycles. The molecule has 0 saturated carbocycles. The Morgan fingerprint density at radius 1 is 1.00 bits per heavy atom. The molecule has 0 fully saturated rings. The van der Waals surface area contributed by atoms with Crippen LogP contribution in [0.15, 0.2) is 30.3 Å². The lowest BCUT2D eigenvalue weighted by Crippen LogP contribution is -1.97. The summed E-state index contributed by atoms with van der Waals surface area (Å²) in [5.74, 6) is -0.184. The first kappa shape index (κ1) is 13.1. The van der Waals surface area contributed by atoms with Gasteiger partial charge in [0.15, 0.2) is 17.3 Å². The number of nitrogen functional groups attached to an aromatic ring is 1. The van der Waals surface area contributed by atoms with Gasteiger partial charge >= 0.3 is 0 Å². The van der Waals surface area contributed by atoms with E-state index in [1.165, 1.54) is 31.4 Å². The van der Waals surface area contributed by atoms with Crippen LogP contribution in [0.4, 0.5) is 14.5 Å². The summed E-state index contributed by atoms with van der Waals surface area (Å²) in [7, 11) is 1.35. The smallest absolute Gasteiger partial charge is 0.167 e. The molecule has 0 spiro atoms. The van der Waals surface area contributed by atoms with Crippen molar-refractivity contribution in [3.05, 3.63) is 47.5 Å². The van der Waals surface area contributed by atoms with Crippen LogP contribution in [0.2, 0.25) is 0 Å². The van der Waals surface area contributed by atoms with Crippen molar-refractivity contribution in [1.82, 2.24) is 0 Å². The lowest BCUT2D eigenvalue weighted by molar-refractivity contribution is 0.382. The van der Waals surface area contributed by atoms with Crippen molar-refractivity contribution in [2.75, 3.05) is 12.8 Å². The van der Waals surface area contributed by atoms with Crippen LogP contribution in [0.5, 0.6) is 17.2 Å². The second-order valence-corrected chi connectivity index (χ2v) is 4.04. The number of halogens is 2. The molecule has 0 aliphatic rings. The fraction of sp³-hybridized carbons (Fsp3) is 0.143. The summed E-state index contributed by atoms with van der Waals surface area (Å²) in [6, 6.07) is 6.58. The van der Waals surface area contributed by atoms with Crippen LogP contribution >= 0.6 is 0 Å². The summed E-state index contributed by atoms with van der Waals surface area (Å²) in [6.07, 6.45) is 0. The van der Waals surface area contributed by atoms with Gasteiger partial charge < -0.3 is 15.2 Å². The molecule has 3 nitrogen and oxygen atoms in total. The summed E-state index contributed by atoms with van der Waals surface area (Å²) in [6.45, 7) is 1.70. The van der Waals surface area contributed by atoms with Gasteiger partial charge in [0.2, 0.25) is 0 Å². The van der Waals surface area contributed by atoms with Gasteiger partial charge in [-0.15, -0.1) is 0 Å². The highest BCUT2D eigenvalue weighted by Gasteiger charge is 2.11. The predicted octanol–water partition coefficient (Wildman–Crippen LogP) is 3.66. The van der Waals surface area contributed by atoms with Crippen LogP contribution in [-0.2, 0) is 0 Å². The number of methoxy groups -OCH3 is 1. The second kappa shape index (κ2) is 5.14. The van der Waals surface area contributed by atoms with Gasteiger partial charge in [-0.3, -0.25) is 0 Å². The summed E-state index contributed by atoms with van der Waals surface area (Å²) in [5.41, 5.74) is 6.43. The number of nitrogens with two attached hydrogens (primary N) is 1. The van der Waals surface area contributed by atoms with Gasteiger partial charge in [-0.05, 0) is 30.7 Å². The van der Waals surface area contributed by atoms with E-state index in [1.54, 1.807) is 6.92 Å². The van der Waals surface area contributed by atoms with Gasteiger partial charge in [0, 0.05) is 12.1 Å². The van der Waals surface area contributed by atoms with Crippen LogP contribution in [0.25, 0.3) is 0 Å². The molecular weight excluding hydrogens is 252 g/mol. The molecule has 0 aliphatic heterocycles. The van der Waals surface area contributed by atoms with Crippen LogP contribution < -0.4 is 15.2 Å². The molecule has 0 aliphatic carbocycles. The SMILES string of the molecule is COc1cc(Oc2ccc(F)cc2C)c(N)cc1F. The summed E-state index contributed by atoms with van der Waals surface area (Å²) in [5, 5.41) is 0.